The number of carbonyl (C=O) groups is 1. The number of carbonyl (C=O) groups excluding carboxylic acids is 1. The molecule has 1 aromatic heterocycles. The van der Waals surface area contributed by atoms with E-state index in [2.05, 4.69) is 13.8 Å². The molecule has 6 rings (SSSR count). The number of rotatable bonds is 2. The molecule has 5 fully saturated rings. The zero-order valence-electron chi connectivity index (χ0n) is 19.2. The molecule has 1 spiro atoms. The molecule has 0 aromatic carbocycles. The van der Waals surface area contributed by atoms with Crippen molar-refractivity contribution in [1.29, 1.82) is 0 Å². The highest BCUT2D eigenvalue weighted by Gasteiger charge is 2.84. The fourth-order valence-electron chi connectivity index (χ4n) is 9.10. The molecule has 1 aromatic rings. The Morgan fingerprint density at radius 3 is 2.66 bits per heavy atom. The summed E-state index contributed by atoms with van der Waals surface area (Å²) in [5.41, 5.74) is 0.319. The van der Waals surface area contributed by atoms with Crippen molar-refractivity contribution < 1.29 is 23.8 Å². The molecule has 1 saturated heterocycles. The highest BCUT2D eigenvalue weighted by atomic mass is 16.7. The number of aliphatic hydroxyl groups excluding tert-OH is 1. The van der Waals surface area contributed by atoms with Gasteiger partial charge >= 0.3 is 11.6 Å². The number of hydrogen-bond donors (Lipinski definition) is 1. The molecular weight excluding hydrogens is 408 g/mol. The van der Waals surface area contributed by atoms with Crippen LogP contribution in [-0.2, 0) is 14.3 Å². The van der Waals surface area contributed by atoms with Crippen molar-refractivity contribution in [3.05, 3.63) is 34.4 Å². The molecule has 0 amide bonds. The van der Waals surface area contributed by atoms with Gasteiger partial charge < -0.3 is 19.0 Å². The van der Waals surface area contributed by atoms with Crippen molar-refractivity contribution in [3.8, 4) is 0 Å². The number of epoxide rings is 1. The first-order chi connectivity index (χ1) is 15.2. The minimum atomic E-state index is -0.369. The van der Waals surface area contributed by atoms with Gasteiger partial charge in [-0.05, 0) is 79.7 Å². The first-order valence-electron chi connectivity index (χ1n) is 12.3. The SMILES string of the molecule is CC(=O)O[C@H]1[C@H]2OC23C2CC[C@@H]4C[C@@H](O)CC[C@]4(C)[C@H]2CC[C@]3(C)[C@H]1c1ccc(=O)oc1. The largest absolute Gasteiger partial charge is 0.459 e. The predicted molar refractivity (Wildman–Crippen MR) is 116 cm³/mol. The summed E-state index contributed by atoms with van der Waals surface area (Å²) in [6, 6.07) is 3.30. The third kappa shape index (κ3) is 2.54. The Hall–Kier alpha value is -1.66. The number of esters is 1. The Labute approximate surface area is 188 Å². The number of fused-ring (bicyclic) bond motifs is 3. The van der Waals surface area contributed by atoms with E-state index in [1.807, 2.05) is 6.07 Å². The minimum Gasteiger partial charge on any atom is -0.459 e. The molecule has 6 nitrogen and oxygen atoms in total. The summed E-state index contributed by atoms with van der Waals surface area (Å²) < 4.78 is 17.8. The molecule has 174 valence electrons. The maximum absolute atomic E-state index is 12.1. The van der Waals surface area contributed by atoms with Gasteiger partial charge in [-0.2, -0.15) is 0 Å². The van der Waals surface area contributed by atoms with Crippen molar-refractivity contribution in [2.75, 3.05) is 0 Å². The van der Waals surface area contributed by atoms with Crippen molar-refractivity contribution in [1.82, 2.24) is 0 Å². The van der Waals surface area contributed by atoms with Crippen LogP contribution in [0, 0.1) is 28.6 Å². The average Bonchev–Trinajstić information content (AvgIpc) is 3.44. The van der Waals surface area contributed by atoms with Crippen LogP contribution in [0.2, 0.25) is 0 Å². The van der Waals surface area contributed by atoms with Crippen LogP contribution in [0.4, 0.5) is 0 Å². The highest BCUT2D eigenvalue weighted by Crippen LogP contribution is 2.78. The van der Waals surface area contributed by atoms with Gasteiger partial charge in [0.05, 0.1) is 12.4 Å². The zero-order valence-corrected chi connectivity index (χ0v) is 19.2. The third-order valence-corrected chi connectivity index (χ3v) is 10.5. The molecule has 10 atom stereocenters. The summed E-state index contributed by atoms with van der Waals surface area (Å²) in [6.45, 7) is 6.23. The quantitative estimate of drug-likeness (QED) is 0.554. The van der Waals surface area contributed by atoms with Gasteiger partial charge in [-0.3, -0.25) is 4.79 Å². The van der Waals surface area contributed by atoms with Gasteiger partial charge in [0.25, 0.3) is 0 Å². The van der Waals surface area contributed by atoms with Crippen LogP contribution in [0.25, 0.3) is 0 Å². The van der Waals surface area contributed by atoms with E-state index in [9.17, 15) is 14.7 Å². The molecule has 2 heterocycles. The van der Waals surface area contributed by atoms with Gasteiger partial charge in [-0.25, -0.2) is 4.79 Å². The van der Waals surface area contributed by atoms with E-state index in [1.54, 1.807) is 6.26 Å². The lowest BCUT2D eigenvalue weighted by Gasteiger charge is -2.61. The van der Waals surface area contributed by atoms with E-state index < -0.39 is 0 Å². The lowest BCUT2D eigenvalue weighted by atomic mass is 9.44. The Morgan fingerprint density at radius 2 is 1.94 bits per heavy atom. The summed E-state index contributed by atoms with van der Waals surface area (Å²) in [4.78, 5) is 23.7. The normalized spacial score (nSPS) is 51.1. The smallest absolute Gasteiger partial charge is 0.335 e. The average molecular weight is 443 g/mol. The topological polar surface area (TPSA) is 89.3 Å². The maximum Gasteiger partial charge on any atom is 0.335 e. The lowest BCUT2D eigenvalue weighted by Crippen LogP contribution is -2.58. The van der Waals surface area contributed by atoms with Crippen LogP contribution in [-0.4, -0.2) is 35.0 Å². The molecule has 4 saturated carbocycles. The van der Waals surface area contributed by atoms with E-state index in [-0.39, 0.29) is 52.3 Å². The van der Waals surface area contributed by atoms with E-state index in [0.717, 1.165) is 50.5 Å². The second-order valence-corrected chi connectivity index (χ2v) is 11.6. The lowest BCUT2D eigenvalue weighted by molar-refractivity contribution is -0.158. The maximum atomic E-state index is 12.1. The standard InChI is InChI=1S/C26H34O6/c1-14(27)31-22-21(15-4-7-20(29)30-13-15)25(3)11-9-18-19(26(25)23(22)32-26)6-5-16-12-17(28)8-10-24(16,18)2/h4,7,13,16-19,21-23,28H,5-6,8-12H2,1-3H3/t16-,17+,18+,19?,21+,22-,23-,24+,25-,26?/m1/s1. The van der Waals surface area contributed by atoms with Gasteiger partial charge in [-0.1, -0.05) is 13.8 Å². The molecule has 6 heteroatoms. The molecule has 4 aliphatic carbocycles. The Balaban J connectivity index is 1.41. The second-order valence-electron chi connectivity index (χ2n) is 11.6. The Morgan fingerprint density at radius 1 is 1.12 bits per heavy atom. The molecule has 0 bridgehead atoms. The van der Waals surface area contributed by atoms with Crippen LogP contribution in [0.15, 0.2) is 27.6 Å². The van der Waals surface area contributed by atoms with Crippen LogP contribution < -0.4 is 5.63 Å². The Bertz CT molecular complexity index is 982. The summed E-state index contributed by atoms with van der Waals surface area (Å²) in [5.74, 6) is 1.24. The minimum absolute atomic E-state index is 0.0471. The second kappa shape index (κ2) is 6.69. The zero-order chi connectivity index (χ0) is 22.5. The van der Waals surface area contributed by atoms with Crippen molar-refractivity contribution in [2.24, 2.45) is 28.6 Å². The first-order valence-corrected chi connectivity index (χ1v) is 12.3. The van der Waals surface area contributed by atoms with Gasteiger partial charge in [0, 0.05) is 24.3 Å². The van der Waals surface area contributed by atoms with Crippen molar-refractivity contribution >= 4 is 5.97 Å². The summed E-state index contributed by atoms with van der Waals surface area (Å²) in [7, 11) is 0. The molecular formula is C26H34O6. The monoisotopic (exact) mass is 442 g/mol. The van der Waals surface area contributed by atoms with Crippen LogP contribution >= 0.6 is 0 Å². The number of ether oxygens (including phenoxy) is 2. The molecule has 1 aliphatic heterocycles. The number of hydrogen-bond acceptors (Lipinski definition) is 6. The Kier molecular flexibility index (Phi) is 4.37. The van der Waals surface area contributed by atoms with Crippen LogP contribution in [0.1, 0.15) is 77.2 Å². The fraction of sp³-hybridized carbons (Fsp3) is 0.769. The van der Waals surface area contributed by atoms with E-state index in [1.165, 1.54) is 13.0 Å². The third-order valence-electron chi connectivity index (χ3n) is 10.5. The molecule has 1 N–H and O–H groups in total. The summed E-state index contributed by atoms with van der Waals surface area (Å²) >= 11 is 0. The van der Waals surface area contributed by atoms with Crippen LogP contribution in [0.5, 0.6) is 0 Å². The molecule has 2 unspecified atom stereocenters. The number of aliphatic hydroxyl groups is 1. The van der Waals surface area contributed by atoms with E-state index in [0.29, 0.717) is 17.8 Å². The van der Waals surface area contributed by atoms with Crippen LogP contribution in [0.3, 0.4) is 0 Å². The van der Waals surface area contributed by atoms with Gasteiger partial charge in [0.15, 0.2) is 0 Å². The summed E-state index contributed by atoms with van der Waals surface area (Å²) in [6.07, 6.45) is 8.20. The van der Waals surface area contributed by atoms with E-state index >= 15 is 0 Å². The van der Waals surface area contributed by atoms with Gasteiger partial charge in [0.2, 0.25) is 0 Å². The molecule has 5 aliphatic rings. The first kappa shape index (κ1) is 20.9. The molecule has 0 radical (unpaired) electrons. The highest BCUT2D eigenvalue weighted by molar-refractivity contribution is 5.66. The van der Waals surface area contributed by atoms with Crippen molar-refractivity contribution in [2.45, 2.75) is 95.5 Å². The molecule has 32 heavy (non-hydrogen) atoms. The predicted octanol–water partition coefficient (Wildman–Crippen LogP) is 3.80. The van der Waals surface area contributed by atoms with Gasteiger partial charge in [-0.15, -0.1) is 0 Å². The van der Waals surface area contributed by atoms with Crippen molar-refractivity contribution in [3.63, 3.8) is 0 Å². The van der Waals surface area contributed by atoms with Gasteiger partial charge in [0.1, 0.15) is 17.8 Å². The summed E-state index contributed by atoms with van der Waals surface area (Å²) in [5, 5.41) is 10.3. The van der Waals surface area contributed by atoms with E-state index in [4.69, 9.17) is 13.9 Å². The fourth-order valence-corrected chi connectivity index (χ4v) is 9.10.